The van der Waals surface area contributed by atoms with Gasteiger partial charge in [-0.15, -0.1) is 11.3 Å². The van der Waals surface area contributed by atoms with Crippen LogP contribution in [-0.4, -0.2) is 16.1 Å². The van der Waals surface area contributed by atoms with Gasteiger partial charge in [0.2, 0.25) is 0 Å². The first kappa shape index (κ1) is 12.6. The zero-order valence-electron chi connectivity index (χ0n) is 10.6. The number of aromatic amines is 1. The quantitative estimate of drug-likeness (QED) is 0.791. The highest BCUT2D eigenvalue weighted by Gasteiger charge is 2.15. The van der Waals surface area contributed by atoms with Crippen molar-refractivity contribution >= 4 is 23.1 Å². The lowest BCUT2D eigenvalue weighted by atomic mass is 10.2. The van der Waals surface area contributed by atoms with E-state index in [9.17, 15) is 4.79 Å². The van der Waals surface area contributed by atoms with Gasteiger partial charge in [-0.2, -0.15) is 5.10 Å². The van der Waals surface area contributed by atoms with E-state index in [1.807, 2.05) is 0 Å². The van der Waals surface area contributed by atoms with Crippen LogP contribution < -0.4 is 11.1 Å². The third-order valence-corrected chi connectivity index (χ3v) is 3.99. The summed E-state index contributed by atoms with van der Waals surface area (Å²) in [6.07, 6.45) is 0. The first-order valence-corrected chi connectivity index (χ1v) is 6.45. The molecule has 6 heteroatoms. The summed E-state index contributed by atoms with van der Waals surface area (Å²) in [7, 11) is 0. The largest absolute Gasteiger partial charge is 0.382 e. The molecule has 0 atom stereocenters. The minimum atomic E-state index is -0.192. The van der Waals surface area contributed by atoms with Gasteiger partial charge < -0.3 is 11.1 Å². The number of anilines is 1. The number of hydrogen-bond acceptors (Lipinski definition) is 4. The van der Waals surface area contributed by atoms with Crippen LogP contribution in [0.5, 0.6) is 0 Å². The highest BCUT2D eigenvalue weighted by atomic mass is 32.1. The molecule has 0 aromatic carbocycles. The minimum absolute atomic E-state index is 0.192. The van der Waals surface area contributed by atoms with Gasteiger partial charge in [0, 0.05) is 15.4 Å². The lowest BCUT2D eigenvalue weighted by Crippen LogP contribution is -2.23. The number of hydrogen-bond donors (Lipinski definition) is 3. The average molecular weight is 264 g/mol. The van der Waals surface area contributed by atoms with Crippen LogP contribution in [-0.2, 0) is 6.54 Å². The van der Waals surface area contributed by atoms with Crippen molar-refractivity contribution in [3.05, 3.63) is 32.6 Å². The molecule has 0 spiro atoms. The van der Waals surface area contributed by atoms with Crippen molar-refractivity contribution in [3.8, 4) is 0 Å². The maximum absolute atomic E-state index is 12.0. The van der Waals surface area contributed by atoms with Gasteiger partial charge in [-0.25, -0.2) is 0 Å². The van der Waals surface area contributed by atoms with Crippen molar-refractivity contribution in [3.63, 3.8) is 0 Å². The number of amides is 1. The molecule has 0 aliphatic heterocycles. The van der Waals surface area contributed by atoms with Gasteiger partial charge in [-0.05, 0) is 32.4 Å². The van der Waals surface area contributed by atoms with Gasteiger partial charge in [-0.1, -0.05) is 0 Å². The smallest absolute Gasteiger partial charge is 0.257 e. The summed E-state index contributed by atoms with van der Waals surface area (Å²) in [5, 5.41) is 9.36. The van der Waals surface area contributed by atoms with Crippen LogP contribution in [0.3, 0.4) is 0 Å². The van der Waals surface area contributed by atoms with Crippen molar-refractivity contribution in [2.75, 3.05) is 5.73 Å². The second-order valence-corrected chi connectivity index (χ2v) is 5.58. The van der Waals surface area contributed by atoms with E-state index >= 15 is 0 Å². The Morgan fingerprint density at radius 2 is 2.22 bits per heavy atom. The molecular formula is C12H16N4OS. The van der Waals surface area contributed by atoms with E-state index < -0.39 is 0 Å². The summed E-state index contributed by atoms with van der Waals surface area (Å²) in [4.78, 5) is 14.4. The first-order valence-electron chi connectivity index (χ1n) is 5.63. The highest BCUT2D eigenvalue weighted by Crippen LogP contribution is 2.20. The fourth-order valence-electron chi connectivity index (χ4n) is 1.73. The Morgan fingerprint density at radius 3 is 2.72 bits per heavy atom. The molecule has 96 valence electrons. The summed E-state index contributed by atoms with van der Waals surface area (Å²) >= 11 is 1.69. The van der Waals surface area contributed by atoms with Crippen LogP contribution in [0.1, 0.15) is 31.4 Å². The number of nitrogens with zero attached hydrogens (tertiary/aromatic N) is 1. The SMILES string of the molecule is Cc1cc(CNC(=O)c2c(N)n[nH]c2C)sc1C. The monoisotopic (exact) mass is 264 g/mol. The normalized spacial score (nSPS) is 10.6. The maximum Gasteiger partial charge on any atom is 0.257 e. The van der Waals surface area contributed by atoms with Crippen molar-refractivity contribution in [2.45, 2.75) is 27.3 Å². The average Bonchev–Trinajstić information content (AvgIpc) is 2.80. The number of nitrogen functional groups attached to an aromatic ring is 1. The van der Waals surface area contributed by atoms with Crippen LogP contribution in [0.2, 0.25) is 0 Å². The van der Waals surface area contributed by atoms with E-state index in [4.69, 9.17) is 5.73 Å². The maximum atomic E-state index is 12.0. The number of rotatable bonds is 3. The number of carbonyl (C=O) groups is 1. The summed E-state index contributed by atoms with van der Waals surface area (Å²) in [6.45, 7) is 6.43. The molecule has 18 heavy (non-hydrogen) atoms. The molecule has 0 saturated carbocycles. The lowest BCUT2D eigenvalue weighted by molar-refractivity contribution is 0.0951. The molecule has 0 aliphatic rings. The number of thiophene rings is 1. The second-order valence-electron chi connectivity index (χ2n) is 4.24. The second kappa shape index (κ2) is 4.81. The molecule has 0 unspecified atom stereocenters. The van der Waals surface area contributed by atoms with E-state index in [-0.39, 0.29) is 11.7 Å². The van der Waals surface area contributed by atoms with Gasteiger partial charge >= 0.3 is 0 Å². The number of nitrogens with two attached hydrogens (primary N) is 1. The fraction of sp³-hybridized carbons (Fsp3) is 0.333. The number of aryl methyl sites for hydroxylation is 3. The Morgan fingerprint density at radius 1 is 1.50 bits per heavy atom. The van der Waals surface area contributed by atoms with Gasteiger partial charge in [0.25, 0.3) is 5.91 Å². The Labute approximate surface area is 109 Å². The van der Waals surface area contributed by atoms with Crippen LogP contribution in [0, 0.1) is 20.8 Å². The Bertz CT molecular complexity index is 546. The molecule has 0 fully saturated rings. The van der Waals surface area contributed by atoms with E-state index in [1.54, 1.807) is 18.3 Å². The Kier molecular flexibility index (Phi) is 3.38. The summed E-state index contributed by atoms with van der Waals surface area (Å²) in [6, 6.07) is 2.09. The van der Waals surface area contributed by atoms with Crippen LogP contribution in [0.15, 0.2) is 6.07 Å². The molecule has 5 nitrogen and oxygen atoms in total. The lowest BCUT2D eigenvalue weighted by Gasteiger charge is -2.03. The molecule has 0 radical (unpaired) electrons. The van der Waals surface area contributed by atoms with E-state index in [0.717, 1.165) is 4.88 Å². The highest BCUT2D eigenvalue weighted by molar-refractivity contribution is 7.12. The third kappa shape index (κ3) is 2.38. The Balaban J connectivity index is 2.05. The zero-order valence-corrected chi connectivity index (χ0v) is 11.4. The molecule has 0 bridgehead atoms. The zero-order chi connectivity index (χ0) is 13.3. The topological polar surface area (TPSA) is 83.8 Å². The van der Waals surface area contributed by atoms with E-state index in [0.29, 0.717) is 17.8 Å². The van der Waals surface area contributed by atoms with Crippen LogP contribution >= 0.6 is 11.3 Å². The predicted molar refractivity (Wildman–Crippen MR) is 72.7 cm³/mol. The minimum Gasteiger partial charge on any atom is -0.382 e. The van der Waals surface area contributed by atoms with Gasteiger partial charge in [0.15, 0.2) is 5.82 Å². The van der Waals surface area contributed by atoms with Crippen molar-refractivity contribution in [1.82, 2.24) is 15.5 Å². The molecule has 1 amide bonds. The van der Waals surface area contributed by atoms with Crippen LogP contribution in [0.25, 0.3) is 0 Å². The molecular weight excluding hydrogens is 248 g/mol. The fourth-order valence-corrected chi connectivity index (χ4v) is 2.72. The third-order valence-electron chi connectivity index (χ3n) is 2.84. The molecule has 2 aromatic heterocycles. The van der Waals surface area contributed by atoms with E-state index in [2.05, 4.69) is 35.4 Å². The summed E-state index contributed by atoms with van der Waals surface area (Å²) in [5.74, 6) is 0.0472. The molecule has 4 N–H and O–H groups in total. The number of carbonyl (C=O) groups excluding carboxylic acids is 1. The van der Waals surface area contributed by atoms with Gasteiger partial charge in [0.1, 0.15) is 5.56 Å². The molecule has 2 heterocycles. The Hall–Kier alpha value is -1.82. The summed E-state index contributed by atoms with van der Waals surface area (Å²) < 4.78 is 0. The van der Waals surface area contributed by atoms with Gasteiger partial charge in [0.05, 0.1) is 6.54 Å². The molecule has 0 saturated heterocycles. The predicted octanol–water partition coefficient (Wildman–Crippen LogP) is 1.91. The van der Waals surface area contributed by atoms with Crippen molar-refractivity contribution in [1.29, 1.82) is 0 Å². The summed E-state index contributed by atoms with van der Waals surface area (Å²) in [5.41, 5.74) is 8.01. The molecule has 0 aliphatic carbocycles. The van der Waals surface area contributed by atoms with Crippen molar-refractivity contribution in [2.24, 2.45) is 0 Å². The van der Waals surface area contributed by atoms with Gasteiger partial charge in [-0.3, -0.25) is 9.89 Å². The van der Waals surface area contributed by atoms with Crippen molar-refractivity contribution < 1.29 is 4.79 Å². The first-order chi connectivity index (χ1) is 8.49. The molecule has 2 rings (SSSR count). The van der Waals surface area contributed by atoms with E-state index in [1.165, 1.54) is 10.4 Å². The number of H-pyrrole nitrogens is 1. The number of nitrogens with one attached hydrogen (secondary N) is 2. The number of aromatic nitrogens is 2. The van der Waals surface area contributed by atoms with Crippen LogP contribution in [0.4, 0.5) is 5.82 Å². The standard InChI is InChI=1S/C12H16N4OS/c1-6-4-9(18-8(6)3)5-14-12(17)10-7(2)15-16-11(10)13/h4H,5H2,1-3H3,(H,14,17)(H3,13,15,16). The molecule has 2 aromatic rings.